The van der Waals surface area contributed by atoms with Crippen LogP contribution in [0.15, 0.2) is 59.0 Å². The molecular weight excluding hydrogens is 613 g/mol. The molecule has 7 nitrogen and oxygen atoms in total. The lowest BCUT2D eigenvalue weighted by Crippen LogP contribution is -2.22. The number of pyridine rings is 1. The SMILES string of the molecule is Cc1nc(C)c(-c2c(CCc3ccc(F)cc3)nc3c(c2-c2ccc(C(=O)NCc4ccc(F)c(F)c4)s2)C(=O)N2CCC[C@@H]32)o1. The summed E-state index contributed by atoms with van der Waals surface area (Å²) in [6.45, 7) is 4.26. The highest BCUT2D eigenvalue weighted by atomic mass is 32.1. The van der Waals surface area contributed by atoms with Gasteiger partial charge >= 0.3 is 0 Å². The number of carbonyl (C=O) groups excluding carboxylic acids is 2. The molecule has 0 unspecified atom stereocenters. The Morgan fingerprint density at radius 2 is 1.74 bits per heavy atom. The predicted octanol–water partition coefficient (Wildman–Crippen LogP) is 7.51. The molecule has 0 aliphatic carbocycles. The Labute approximate surface area is 267 Å². The monoisotopic (exact) mass is 642 g/mol. The Balaban J connectivity index is 1.33. The Bertz CT molecular complexity index is 2000. The molecule has 0 bridgehead atoms. The van der Waals surface area contributed by atoms with Crippen molar-refractivity contribution in [3.8, 4) is 21.8 Å². The maximum Gasteiger partial charge on any atom is 0.261 e. The average Bonchev–Trinajstić information content (AvgIpc) is 3.83. The number of benzene rings is 2. The number of nitrogens with one attached hydrogen (secondary N) is 1. The number of carbonyl (C=O) groups is 2. The fraction of sp³-hybridized carbons (Fsp3) is 0.257. The van der Waals surface area contributed by atoms with E-state index in [1.807, 2.05) is 17.9 Å². The van der Waals surface area contributed by atoms with E-state index in [0.717, 1.165) is 41.9 Å². The number of hydrogen-bond donors (Lipinski definition) is 1. The molecular formula is C35H29F3N4O3S. The molecule has 0 radical (unpaired) electrons. The first-order chi connectivity index (χ1) is 22.2. The van der Waals surface area contributed by atoms with E-state index in [-0.39, 0.29) is 30.2 Å². The summed E-state index contributed by atoms with van der Waals surface area (Å²) in [6, 6.07) is 13.2. The van der Waals surface area contributed by atoms with Crippen molar-refractivity contribution in [2.75, 3.05) is 6.54 Å². The van der Waals surface area contributed by atoms with Crippen molar-refractivity contribution in [3.63, 3.8) is 0 Å². The molecule has 2 aliphatic heterocycles. The highest BCUT2D eigenvalue weighted by Gasteiger charge is 2.44. The van der Waals surface area contributed by atoms with Gasteiger partial charge < -0.3 is 14.6 Å². The zero-order valence-electron chi connectivity index (χ0n) is 25.1. The lowest BCUT2D eigenvalue weighted by Gasteiger charge is -2.17. The van der Waals surface area contributed by atoms with E-state index < -0.39 is 11.6 Å². The maximum absolute atomic E-state index is 14.0. The molecule has 0 saturated carbocycles. The Hall–Kier alpha value is -4.77. The van der Waals surface area contributed by atoms with Gasteiger partial charge in [0.1, 0.15) is 5.82 Å². The Morgan fingerprint density at radius 3 is 2.48 bits per heavy atom. The van der Waals surface area contributed by atoms with Crippen LogP contribution >= 0.6 is 11.3 Å². The molecule has 1 atom stereocenters. The van der Waals surface area contributed by atoms with Crippen LogP contribution in [0.2, 0.25) is 0 Å². The third-order valence-corrected chi connectivity index (χ3v) is 9.65. The first kappa shape index (κ1) is 29.9. The van der Waals surface area contributed by atoms with Crippen LogP contribution in [0.4, 0.5) is 13.2 Å². The first-order valence-electron chi connectivity index (χ1n) is 15.1. The summed E-state index contributed by atoms with van der Waals surface area (Å²) >= 11 is 1.23. The standard InChI is InChI=1S/C35H29F3N4O3S/c1-18-33(45-19(2)40-18)29-25(12-8-20-5-9-22(36)10-6-20)41-32-26-4-3-15-42(26)35(44)31(32)30(29)27-13-14-28(46-27)34(43)39-17-21-7-11-23(37)24(38)16-21/h5-7,9-11,13-14,16,26H,3-4,8,12,15,17H2,1-2H3,(H,39,43)/t26-/m0/s1. The lowest BCUT2D eigenvalue weighted by atomic mass is 9.91. The van der Waals surface area contributed by atoms with Crippen molar-refractivity contribution in [1.82, 2.24) is 20.2 Å². The number of nitrogens with zero attached hydrogens (tertiary/aromatic N) is 3. The minimum Gasteiger partial charge on any atom is -0.441 e. The van der Waals surface area contributed by atoms with Crippen LogP contribution in [0, 0.1) is 31.3 Å². The van der Waals surface area contributed by atoms with Gasteiger partial charge in [0.2, 0.25) is 0 Å². The summed E-state index contributed by atoms with van der Waals surface area (Å²) in [5.41, 5.74) is 5.29. The molecule has 1 saturated heterocycles. The number of halogens is 3. The second-order valence-corrected chi connectivity index (χ2v) is 12.7. The topological polar surface area (TPSA) is 88.3 Å². The zero-order chi connectivity index (χ0) is 32.1. The van der Waals surface area contributed by atoms with Gasteiger partial charge in [0.25, 0.3) is 11.8 Å². The van der Waals surface area contributed by atoms with E-state index >= 15 is 0 Å². The summed E-state index contributed by atoms with van der Waals surface area (Å²) in [5.74, 6) is -1.75. The molecule has 1 N–H and O–H groups in total. The van der Waals surface area contributed by atoms with Gasteiger partial charge in [-0.2, -0.15) is 0 Å². The Morgan fingerprint density at radius 1 is 0.957 bits per heavy atom. The molecule has 7 rings (SSSR count). The molecule has 2 amide bonds. The second-order valence-electron chi connectivity index (χ2n) is 11.6. The number of oxazole rings is 1. The molecule has 5 heterocycles. The van der Waals surface area contributed by atoms with Crippen LogP contribution in [-0.4, -0.2) is 33.2 Å². The lowest BCUT2D eigenvalue weighted by molar-refractivity contribution is 0.0776. The molecule has 5 aromatic rings. The molecule has 46 heavy (non-hydrogen) atoms. The largest absolute Gasteiger partial charge is 0.441 e. The van der Waals surface area contributed by atoms with Gasteiger partial charge in [-0.15, -0.1) is 11.3 Å². The van der Waals surface area contributed by atoms with E-state index in [1.54, 1.807) is 25.1 Å². The van der Waals surface area contributed by atoms with Gasteiger partial charge in [-0.05, 0) is 80.1 Å². The van der Waals surface area contributed by atoms with E-state index in [4.69, 9.17) is 9.40 Å². The molecule has 0 spiro atoms. The van der Waals surface area contributed by atoms with Crippen LogP contribution in [0.5, 0.6) is 0 Å². The summed E-state index contributed by atoms with van der Waals surface area (Å²) in [4.78, 5) is 39.8. The third-order valence-electron chi connectivity index (χ3n) is 8.55. The van der Waals surface area contributed by atoms with Crippen LogP contribution in [0.1, 0.15) is 73.0 Å². The van der Waals surface area contributed by atoms with Crippen LogP contribution in [0.25, 0.3) is 21.8 Å². The van der Waals surface area contributed by atoms with Gasteiger partial charge in [-0.1, -0.05) is 18.2 Å². The second kappa shape index (κ2) is 11.9. The van der Waals surface area contributed by atoms with Gasteiger partial charge in [0.15, 0.2) is 23.3 Å². The molecule has 2 aromatic carbocycles. The van der Waals surface area contributed by atoms with E-state index in [9.17, 15) is 22.8 Å². The summed E-state index contributed by atoms with van der Waals surface area (Å²) in [6.07, 6.45) is 2.77. The number of hydrogen-bond acceptors (Lipinski definition) is 6. The number of thiophene rings is 1. The first-order valence-corrected chi connectivity index (χ1v) is 15.9. The smallest absolute Gasteiger partial charge is 0.261 e. The van der Waals surface area contributed by atoms with Gasteiger partial charge in [0, 0.05) is 30.5 Å². The van der Waals surface area contributed by atoms with Crippen LogP contribution in [0.3, 0.4) is 0 Å². The summed E-state index contributed by atoms with van der Waals surface area (Å²) in [5, 5.41) is 2.77. The average molecular weight is 643 g/mol. The van der Waals surface area contributed by atoms with Gasteiger partial charge in [0.05, 0.1) is 39.1 Å². The van der Waals surface area contributed by atoms with Crippen molar-refractivity contribution >= 4 is 23.2 Å². The van der Waals surface area contributed by atoms with Gasteiger partial charge in [-0.3, -0.25) is 14.6 Å². The number of aryl methyl sites for hydroxylation is 4. The minimum absolute atomic E-state index is 0.0123. The van der Waals surface area contributed by atoms with Crippen molar-refractivity contribution < 1.29 is 27.2 Å². The molecule has 3 aromatic heterocycles. The Kier molecular flexibility index (Phi) is 7.72. The minimum atomic E-state index is -0.984. The van der Waals surface area contributed by atoms with Crippen molar-refractivity contribution in [3.05, 3.63) is 117 Å². The van der Waals surface area contributed by atoms with Crippen LogP contribution in [-0.2, 0) is 19.4 Å². The van der Waals surface area contributed by atoms with Crippen molar-refractivity contribution in [2.24, 2.45) is 0 Å². The molecule has 234 valence electrons. The fourth-order valence-corrected chi connectivity index (χ4v) is 7.39. The predicted molar refractivity (Wildman–Crippen MR) is 167 cm³/mol. The highest BCUT2D eigenvalue weighted by molar-refractivity contribution is 7.17. The van der Waals surface area contributed by atoms with E-state index in [1.165, 1.54) is 29.5 Å². The number of aromatic nitrogens is 2. The normalized spacial score (nSPS) is 15.4. The third kappa shape index (κ3) is 5.38. The summed E-state index contributed by atoms with van der Waals surface area (Å²) < 4.78 is 46.9. The zero-order valence-corrected chi connectivity index (χ0v) is 25.9. The summed E-state index contributed by atoms with van der Waals surface area (Å²) in [7, 11) is 0. The number of rotatable bonds is 8. The fourth-order valence-electron chi connectivity index (χ4n) is 6.41. The highest BCUT2D eigenvalue weighted by Crippen LogP contribution is 2.49. The molecule has 11 heteroatoms. The van der Waals surface area contributed by atoms with Gasteiger partial charge in [-0.25, -0.2) is 18.2 Å². The maximum atomic E-state index is 14.0. The number of amides is 2. The van der Waals surface area contributed by atoms with Crippen molar-refractivity contribution in [1.29, 1.82) is 0 Å². The van der Waals surface area contributed by atoms with Crippen LogP contribution < -0.4 is 5.32 Å². The van der Waals surface area contributed by atoms with E-state index in [2.05, 4.69) is 10.3 Å². The van der Waals surface area contributed by atoms with E-state index in [0.29, 0.717) is 68.7 Å². The molecule has 2 aliphatic rings. The molecule has 1 fully saturated rings. The quantitative estimate of drug-likeness (QED) is 0.189. The number of fused-ring (bicyclic) bond motifs is 3. The van der Waals surface area contributed by atoms with Crippen molar-refractivity contribution in [2.45, 2.75) is 52.1 Å².